The van der Waals surface area contributed by atoms with Crippen LogP contribution in [-0.2, 0) is 9.53 Å². The minimum atomic E-state index is -0.283. The molecule has 0 aliphatic heterocycles. The summed E-state index contributed by atoms with van der Waals surface area (Å²) in [6, 6.07) is 0. The molecule has 0 amide bonds. The van der Waals surface area contributed by atoms with Crippen molar-refractivity contribution in [2.24, 2.45) is 10.6 Å². The van der Waals surface area contributed by atoms with Crippen LogP contribution >= 0.6 is 0 Å². The highest BCUT2D eigenvalue weighted by molar-refractivity contribution is 5.90. The molecule has 0 radical (unpaired) electrons. The van der Waals surface area contributed by atoms with Crippen molar-refractivity contribution in [2.45, 2.75) is 39.5 Å². The molecule has 14 heavy (non-hydrogen) atoms. The van der Waals surface area contributed by atoms with Gasteiger partial charge in [-0.3, -0.25) is 4.79 Å². The Kier molecular flexibility index (Phi) is 3.49. The van der Waals surface area contributed by atoms with E-state index in [1.165, 1.54) is 6.92 Å². The van der Waals surface area contributed by atoms with Crippen LogP contribution in [0.15, 0.2) is 5.16 Å². The Labute approximate surface area is 83.9 Å². The van der Waals surface area contributed by atoms with Gasteiger partial charge in [-0.25, -0.2) is 0 Å². The molecule has 1 saturated carbocycles. The zero-order valence-electron chi connectivity index (χ0n) is 8.75. The van der Waals surface area contributed by atoms with Gasteiger partial charge in [0.05, 0.1) is 5.71 Å². The van der Waals surface area contributed by atoms with E-state index < -0.39 is 0 Å². The van der Waals surface area contributed by atoms with Gasteiger partial charge in [0, 0.05) is 12.3 Å². The zero-order chi connectivity index (χ0) is 10.6. The molecular weight excluding hydrogens is 182 g/mol. The van der Waals surface area contributed by atoms with E-state index in [0.29, 0.717) is 6.61 Å². The Morgan fingerprint density at radius 3 is 2.93 bits per heavy atom. The third kappa shape index (κ3) is 2.47. The number of carbonyl (C=O) groups excluding carboxylic acids is 1. The van der Waals surface area contributed by atoms with Gasteiger partial charge in [0.1, 0.15) is 6.61 Å². The molecule has 1 unspecified atom stereocenters. The fraction of sp³-hybridized carbons (Fsp3) is 0.800. The lowest BCUT2D eigenvalue weighted by Crippen LogP contribution is -2.36. The molecule has 1 rings (SSSR count). The van der Waals surface area contributed by atoms with E-state index in [0.717, 1.165) is 31.4 Å². The van der Waals surface area contributed by atoms with Crippen LogP contribution in [0.3, 0.4) is 0 Å². The number of rotatable bonds is 2. The van der Waals surface area contributed by atoms with Crippen molar-refractivity contribution in [3.63, 3.8) is 0 Å². The largest absolute Gasteiger partial charge is 0.465 e. The number of ether oxygens (including phenoxy) is 1. The summed E-state index contributed by atoms with van der Waals surface area (Å²) in [5.74, 6) is -0.283. The Hall–Kier alpha value is -1.06. The molecule has 1 atom stereocenters. The first kappa shape index (κ1) is 11.0. The van der Waals surface area contributed by atoms with E-state index in [4.69, 9.17) is 9.94 Å². The van der Waals surface area contributed by atoms with Gasteiger partial charge in [-0.1, -0.05) is 18.5 Å². The van der Waals surface area contributed by atoms with E-state index in [2.05, 4.69) is 5.16 Å². The number of hydrogen-bond donors (Lipinski definition) is 1. The minimum absolute atomic E-state index is 0.265. The molecule has 0 heterocycles. The molecule has 1 aliphatic carbocycles. The molecule has 4 nitrogen and oxygen atoms in total. The van der Waals surface area contributed by atoms with Gasteiger partial charge in [0.15, 0.2) is 0 Å². The maximum absolute atomic E-state index is 10.7. The second-order valence-corrected chi connectivity index (χ2v) is 4.09. The lowest BCUT2D eigenvalue weighted by atomic mass is 9.74. The van der Waals surface area contributed by atoms with Gasteiger partial charge < -0.3 is 9.94 Å². The minimum Gasteiger partial charge on any atom is -0.465 e. The van der Waals surface area contributed by atoms with Crippen LogP contribution in [0.25, 0.3) is 0 Å². The molecule has 1 N–H and O–H groups in total. The molecule has 0 bridgehead atoms. The third-order valence-electron chi connectivity index (χ3n) is 2.80. The highest BCUT2D eigenvalue weighted by Crippen LogP contribution is 2.33. The van der Waals surface area contributed by atoms with E-state index in [9.17, 15) is 4.79 Å². The summed E-state index contributed by atoms with van der Waals surface area (Å²) in [7, 11) is 0. The first-order valence-corrected chi connectivity index (χ1v) is 4.93. The number of oxime groups is 1. The van der Waals surface area contributed by atoms with Crippen LogP contribution < -0.4 is 0 Å². The maximum Gasteiger partial charge on any atom is 0.302 e. The topological polar surface area (TPSA) is 58.9 Å². The molecule has 0 saturated heterocycles. The van der Waals surface area contributed by atoms with E-state index in [1.807, 2.05) is 6.92 Å². The molecule has 1 fully saturated rings. The average Bonchev–Trinajstić information content (AvgIpc) is 2.16. The normalized spacial score (nSPS) is 30.3. The van der Waals surface area contributed by atoms with Gasteiger partial charge in [0.25, 0.3) is 0 Å². The smallest absolute Gasteiger partial charge is 0.302 e. The van der Waals surface area contributed by atoms with Crippen LogP contribution in [-0.4, -0.2) is 23.5 Å². The number of carbonyl (C=O) groups is 1. The van der Waals surface area contributed by atoms with Gasteiger partial charge in [-0.15, -0.1) is 0 Å². The quantitative estimate of drug-likeness (QED) is 0.420. The highest BCUT2D eigenvalue weighted by atomic mass is 16.5. The molecule has 4 heteroatoms. The van der Waals surface area contributed by atoms with E-state index >= 15 is 0 Å². The fourth-order valence-corrected chi connectivity index (χ4v) is 1.84. The Morgan fingerprint density at radius 2 is 2.36 bits per heavy atom. The van der Waals surface area contributed by atoms with Gasteiger partial charge in [-0.05, 0) is 19.3 Å². The SMILES string of the molecule is CC(=O)OCC1(C)CCCC/C1=N\O. The number of hydrogen-bond acceptors (Lipinski definition) is 4. The summed E-state index contributed by atoms with van der Waals surface area (Å²) in [5, 5.41) is 12.1. The molecule has 1 aliphatic rings. The van der Waals surface area contributed by atoms with Crippen LogP contribution in [0.5, 0.6) is 0 Å². The second kappa shape index (κ2) is 4.44. The summed E-state index contributed by atoms with van der Waals surface area (Å²) < 4.78 is 4.99. The Bertz CT molecular complexity index is 250. The first-order valence-electron chi connectivity index (χ1n) is 4.93. The molecule has 0 aromatic carbocycles. The molecule has 80 valence electrons. The molecule has 0 aromatic rings. The van der Waals surface area contributed by atoms with Crippen molar-refractivity contribution in [3.8, 4) is 0 Å². The number of nitrogens with zero attached hydrogens (tertiary/aromatic N) is 1. The van der Waals surface area contributed by atoms with Crippen molar-refractivity contribution in [3.05, 3.63) is 0 Å². The predicted octanol–water partition coefficient (Wildman–Crippen LogP) is 1.96. The standard InChI is InChI=1S/C10H17NO3/c1-8(12)14-7-10(2)6-4-3-5-9(10)11-13/h13H,3-7H2,1-2H3/b11-9+. The average molecular weight is 199 g/mol. The predicted molar refractivity (Wildman–Crippen MR) is 52.4 cm³/mol. The summed E-state index contributed by atoms with van der Waals surface area (Å²) in [6.45, 7) is 3.69. The van der Waals surface area contributed by atoms with Crippen molar-refractivity contribution in [1.82, 2.24) is 0 Å². The summed E-state index contributed by atoms with van der Waals surface area (Å²) in [4.78, 5) is 10.7. The van der Waals surface area contributed by atoms with Crippen LogP contribution in [0, 0.1) is 5.41 Å². The molecular formula is C10H17NO3. The maximum atomic E-state index is 10.7. The van der Waals surface area contributed by atoms with Gasteiger partial charge in [-0.2, -0.15) is 0 Å². The van der Waals surface area contributed by atoms with Gasteiger partial charge in [0.2, 0.25) is 0 Å². The van der Waals surface area contributed by atoms with Crippen LogP contribution in [0.4, 0.5) is 0 Å². The van der Waals surface area contributed by atoms with Crippen molar-refractivity contribution in [2.75, 3.05) is 6.61 Å². The zero-order valence-corrected chi connectivity index (χ0v) is 8.75. The lowest BCUT2D eigenvalue weighted by molar-refractivity contribution is -0.143. The Balaban J connectivity index is 2.63. The lowest BCUT2D eigenvalue weighted by Gasteiger charge is -2.33. The van der Waals surface area contributed by atoms with Crippen molar-refractivity contribution >= 4 is 11.7 Å². The molecule has 0 aromatic heterocycles. The first-order chi connectivity index (χ1) is 6.58. The van der Waals surface area contributed by atoms with Crippen molar-refractivity contribution < 1.29 is 14.7 Å². The summed E-state index contributed by atoms with van der Waals surface area (Å²) in [5.41, 5.74) is 0.489. The summed E-state index contributed by atoms with van der Waals surface area (Å²) in [6.07, 6.45) is 3.86. The van der Waals surface area contributed by atoms with E-state index in [1.54, 1.807) is 0 Å². The second-order valence-electron chi connectivity index (χ2n) is 4.09. The van der Waals surface area contributed by atoms with Gasteiger partial charge >= 0.3 is 5.97 Å². The van der Waals surface area contributed by atoms with Crippen molar-refractivity contribution in [1.29, 1.82) is 0 Å². The van der Waals surface area contributed by atoms with Crippen LogP contribution in [0.1, 0.15) is 39.5 Å². The molecule has 0 spiro atoms. The fourth-order valence-electron chi connectivity index (χ4n) is 1.84. The number of esters is 1. The van der Waals surface area contributed by atoms with Crippen LogP contribution in [0.2, 0.25) is 0 Å². The summed E-state index contributed by atoms with van der Waals surface area (Å²) >= 11 is 0. The third-order valence-corrected chi connectivity index (χ3v) is 2.80. The Morgan fingerprint density at radius 1 is 1.64 bits per heavy atom. The monoisotopic (exact) mass is 199 g/mol. The van der Waals surface area contributed by atoms with E-state index in [-0.39, 0.29) is 11.4 Å². The highest BCUT2D eigenvalue weighted by Gasteiger charge is 2.34.